The number of rotatable bonds is 13. The molecule has 2 aliphatic rings. The van der Waals surface area contributed by atoms with E-state index in [1.165, 1.54) is 10.9 Å². The first-order valence-electron chi connectivity index (χ1n) is 18.7. The summed E-state index contributed by atoms with van der Waals surface area (Å²) in [7, 11) is 0. The SMILES string of the molecule is O=C(O)N[C@H]1C[C@@H](n2cnc3c(NCC(c4ccccc4)c4ccccc4)nc(C(=O)NCCNC(=O)NC4CCN(c5ccccn5)CC4)nc32)[C@H](O)[C@@H]1O. The molecule has 2 aromatic carbocycles. The Kier molecular flexibility index (Phi) is 11.8. The van der Waals surface area contributed by atoms with Gasteiger partial charge in [-0.3, -0.25) is 4.79 Å². The predicted octanol–water partition coefficient (Wildman–Crippen LogP) is 2.47. The Morgan fingerprint density at radius 2 is 1.48 bits per heavy atom. The maximum absolute atomic E-state index is 13.6. The molecule has 0 radical (unpaired) electrons. The maximum atomic E-state index is 13.6. The van der Waals surface area contributed by atoms with Crippen molar-refractivity contribution in [1.29, 1.82) is 0 Å². The number of aromatic nitrogens is 5. The highest BCUT2D eigenvalue weighted by Gasteiger charge is 2.44. The number of hydrogen-bond acceptors (Lipinski definition) is 11. The Bertz CT molecular complexity index is 2060. The fraction of sp³-hybridized carbons (Fsp3) is 0.359. The molecule has 1 saturated carbocycles. The van der Waals surface area contributed by atoms with Gasteiger partial charge >= 0.3 is 12.1 Å². The summed E-state index contributed by atoms with van der Waals surface area (Å²) in [5, 5.41) is 45.1. The van der Waals surface area contributed by atoms with Crippen molar-refractivity contribution in [2.24, 2.45) is 0 Å². The lowest BCUT2D eigenvalue weighted by atomic mass is 9.91. The van der Waals surface area contributed by atoms with E-state index in [1.807, 2.05) is 78.9 Å². The molecule has 7 rings (SSSR count). The molecule has 5 aromatic rings. The number of fused-ring (bicyclic) bond motifs is 1. The van der Waals surface area contributed by atoms with E-state index in [0.29, 0.717) is 12.1 Å². The third-order valence-electron chi connectivity index (χ3n) is 10.3. The number of pyridine rings is 1. The van der Waals surface area contributed by atoms with Gasteiger partial charge in [-0.15, -0.1) is 0 Å². The molecule has 8 N–H and O–H groups in total. The molecule has 56 heavy (non-hydrogen) atoms. The highest BCUT2D eigenvalue weighted by atomic mass is 16.4. The molecule has 2 fully saturated rings. The van der Waals surface area contributed by atoms with E-state index in [4.69, 9.17) is 0 Å². The molecule has 0 bridgehead atoms. The number of piperidine rings is 1. The minimum absolute atomic E-state index is 0.0125. The number of benzene rings is 2. The molecule has 4 heterocycles. The van der Waals surface area contributed by atoms with Crippen molar-refractivity contribution in [3.8, 4) is 0 Å². The van der Waals surface area contributed by atoms with Gasteiger partial charge in [0, 0.05) is 50.9 Å². The summed E-state index contributed by atoms with van der Waals surface area (Å²) in [5.74, 6) is 0.307. The first kappa shape index (κ1) is 38.0. The Morgan fingerprint density at radius 1 is 0.804 bits per heavy atom. The molecule has 17 heteroatoms. The van der Waals surface area contributed by atoms with Gasteiger partial charge in [-0.05, 0) is 42.5 Å². The second kappa shape index (κ2) is 17.4. The monoisotopic (exact) mass is 763 g/mol. The third kappa shape index (κ3) is 8.79. The summed E-state index contributed by atoms with van der Waals surface area (Å²) in [5.41, 5.74) is 2.66. The average molecular weight is 764 g/mol. The van der Waals surface area contributed by atoms with Crippen molar-refractivity contribution in [2.75, 3.05) is 42.9 Å². The summed E-state index contributed by atoms with van der Waals surface area (Å²) in [6.07, 6.45) is 0.753. The normalized spacial score (nSPS) is 19.8. The predicted molar refractivity (Wildman–Crippen MR) is 207 cm³/mol. The molecule has 4 atom stereocenters. The van der Waals surface area contributed by atoms with Crippen LogP contribution < -0.4 is 31.5 Å². The van der Waals surface area contributed by atoms with E-state index < -0.39 is 36.3 Å². The van der Waals surface area contributed by atoms with Crippen molar-refractivity contribution in [3.63, 3.8) is 0 Å². The molecule has 1 aliphatic carbocycles. The highest BCUT2D eigenvalue weighted by molar-refractivity contribution is 5.94. The van der Waals surface area contributed by atoms with E-state index >= 15 is 0 Å². The van der Waals surface area contributed by atoms with Crippen LogP contribution in [0, 0.1) is 0 Å². The summed E-state index contributed by atoms with van der Waals surface area (Å²) >= 11 is 0. The van der Waals surface area contributed by atoms with E-state index in [-0.39, 0.29) is 54.8 Å². The van der Waals surface area contributed by atoms with Gasteiger partial charge in [0.25, 0.3) is 5.91 Å². The molecule has 1 saturated heterocycles. The lowest BCUT2D eigenvalue weighted by molar-refractivity contribution is 0.0146. The zero-order valence-electron chi connectivity index (χ0n) is 30.5. The number of aliphatic hydroxyl groups is 2. The molecule has 3 aromatic heterocycles. The van der Waals surface area contributed by atoms with Gasteiger partial charge in [0.2, 0.25) is 5.82 Å². The molecule has 1 aliphatic heterocycles. The largest absolute Gasteiger partial charge is 0.465 e. The zero-order valence-corrected chi connectivity index (χ0v) is 30.5. The van der Waals surface area contributed by atoms with Crippen LogP contribution in [0.1, 0.15) is 53.0 Å². The van der Waals surface area contributed by atoms with Crippen LogP contribution in [0.15, 0.2) is 91.4 Å². The van der Waals surface area contributed by atoms with Gasteiger partial charge in [0.15, 0.2) is 11.5 Å². The highest BCUT2D eigenvalue weighted by Crippen LogP contribution is 2.34. The van der Waals surface area contributed by atoms with E-state index in [0.717, 1.165) is 42.9 Å². The lowest BCUT2D eigenvalue weighted by Gasteiger charge is -2.33. The molecule has 17 nitrogen and oxygen atoms in total. The Labute approximate surface area is 322 Å². The fourth-order valence-electron chi connectivity index (χ4n) is 7.43. The summed E-state index contributed by atoms with van der Waals surface area (Å²) in [6, 6.07) is 23.7. The zero-order chi connectivity index (χ0) is 39.0. The Balaban J connectivity index is 1.04. The van der Waals surface area contributed by atoms with Crippen LogP contribution in [0.5, 0.6) is 0 Å². The van der Waals surface area contributed by atoms with Crippen LogP contribution in [0.2, 0.25) is 0 Å². The first-order chi connectivity index (χ1) is 27.2. The minimum atomic E-state index is -1.38. The van der Waals surface area contributed by atoms with E-state index in [2.05, 4.69) is 51.4 Å². The van der Waals surface area contributed by atoms with Crippen LogP contribution in [-0.4, -0.2) is 115 Å². The van der Waals surface area contributed by atoms with E-state index in [1.54, 1.807) is 6.20 Å². The van der Waals surface area contributed by atoms with Gasteiger partial charge in [-0.2, -0.15) is 0 Å². The third-order valence-corrected chi connectivity index (χ3v) is 10.3. The van der Waals surface area contributed by atoms with E-state index in [9.17, 15) is 29.7 Å². The van der Waals surface area contributed by atoms with Crippen molar-refractivity contribution < 1.29 is 29.7 Å². The number of imidazole rings is 1. The van der Waals surface area contributed by atoms with Crippen molar-refractivity contribution in [3.05, 3.63) is 108 Å². The fourth-order valence-corrected chi connectivity index (χ4v) is 7.43. The van der Waals surface area contributed by atoms with Gasteiger partial charge in [-0.25, -0.2) is 29.5 Å². The molecule has 0 spiro atoms. The summed E-state index contributed by atoms with van der Waals surface area (Å²) < 4.78 is 1.54. The van der Waals surface area contributed by atoms with Crippen molar-refractivity contribution >= 4 is 40.8 Å². The van der Waals surface area contributed by atoms with Gasteiger partial charge < -0.3 is 51.4 Å². The summed E-state index contributed by atoms with van der Waals surface area (Å²) in [4.78, 5) is 57.9. The number of aliphatic hydroxyl groups excluding tert-OH is 2. The first-order valence-corrected chi connectivity index (χ1v) is 18.7. The maximum Gasteiger partial charge on any atom is 0.404 e. The number of nitrogens with one attached hydrogen (secondary N) is 5. The quantitative estimate of drug-likeness (QED) is 0.0809. The number of carboxylic acid groups (broad SMARTS) is 1. The lowest BCUT2D eigenvalue weighted by Crippen LogP contribution is -2.49. The molecule has 4 amide bonds. The standard InChI is InChI=1S/C39H45N11O6/c51-32-28(46-39(55)56)21-29(33(32)52)50-23-44-31-34(43-22-27(24-9-3-1-4-10-24)25-11-5-2-6-12-25)47-35(48-36(31)50)37(53)41-17-18-42-38(54)45-26-14-19-49(20-15-26)30-13-7-8-16-40-30/h1-13,16,23,26-29,32-33,46,51-52H,14-15,17-22H2,(H,41,53)(H,55,56)(H2,42,45,54)(H,43,47,48)/t28-,29+,32+,33-/m0/s1. The second-order valence-corrected chi connectivity index (χ2v) is 13.9. The summed E-state index contributed by atoms with van der Waals surface area (Å²) in [6.45, 7) is 2.17. The number of carbonyl (C=O) groups excluding carboxylic acids is 2. The number of anilines is 2. The number of nitrogens with zero attached hydrogens (tertiary/aromatic N) is 6. The van der Waals surface area contributed by atoms with Gasteiger partial charge in [0.1, 0.15) is 23.5 Å². The second-order valence-electron chi connectivity index (χ2n) is 13.9. The molecular formula is C39H45N11O6. The smallest absolute Gasteiger partial charge is 0.404 e. The number of amides is 4. The Hall–Kier alpha value is -6.33. The molecule has 292 valence electrons. The number of hydrogen-bond donors (Lipinski definition) is 8. The number of urea groups is 1. The molecule has 0 unspecified atom stereocenters. The van der Waals surface area contributed by atoms with Crippen LogP contribution in [-0.2, 0) is 0 Å². The van der Waals surface area contributed by atoms with Gasteiger partial charge in [0.05, 0.1) is 18.4 Å². The van der Waals surface area contributed by atoms with Gasteiger partial charge in [-0.1, -0.05) is 66.7 Å². The van der Waals surface area contributed by atoms with Crippen LogP contribution in [0.4, 0.5) is 21.2 Å². The van der Waals surface area contributed by atoms with Crippen LogP contribution in [0.3, 0.4) is 0 Å². The van der Waals surface area contributed by atoms with Crippen molar-refractivity contribution in [2.45, 2.75) is 55.5 Å². The van der Waals surface area contributed by atoms with Crippen LogP contribution >= 0.6 is 0 Å². The molecular weight excluding hydrogens is 718 g/mol. The van der Waals surface area contributed by atoms with Crippen molar-refractivity contribution in [1.82, 2.24) is 45.8 Å². The minimum Gasteiger partial charge on any atom is -0.465 e. The number of carbonyl (C=O) groups is 3. The van der Waals surface area contributed by atoms with Crippen LogP contribution in [0.25, 0.3) is 11.2 Å². The Morgan fingerprint density at radius 3 is 2.14 bits per heavy atom. The topological polar surface area (TPSA) is 232 Å². The average Bonchev–Trinajstić information content (AvgIpc) is 3.77.